The summed E-state index contributed by atoms with van der Waals surface area (Å²) < 4.78 is 29.1. The van der Waals surface area contributed by atoms with Crippen LogP contribution < -0.4 is 21.1 Å². The number of benzene rings is 2. The predicted molar refractivity (Wildman–Crippen MR) is 177 cm³/mol. The second kappa shape index (κ2) is 15.0. The van der Waals surface area contributed by atoms with Gasteiger partial charge >= 0.3 is 0 Å². The quantitative estimate of drug-likeness (QED) is 0.239. The fourth-order valence-electron chi connectivity index (χ4n) is 5.82. The molecule has 1 saturated carbocycles. The van der Waals surface area contributed by atoms with Gasteiger partial charge < -0.3 is 16.0 Å². The van der Waals surface area contributed by atoms with Crippen LogP contribution in [0.1, 0.15) is 53.4 Å². The average Bonchev–Trinajstić information content (AvgIpc) is 2.99. The number of sulfonamides is 1. The highest BCUT2D eigenvalue weighted by atomic mass is 32.2. The van der Waals surface area contributed by atoms with Crippen LogP contribution in [0.3, 0.4) is 0 Å². The molecule has 1 saturated heterocycles. The third-order valence-corrected chi connectivity index (χ3v) is 9.89. The number of nitrogens with zero attached hydrogens (tertiary/aromatic N) is 4. The molecular weight excluding hydrogens is 560 g/mol. The van der Waals surface area contributed by atoms with Gasteiger partial charge in [-0.1, -0.05) is 43.0 Å². The van der Waals surface area contributed by atoms with Crippen molar-refractivity contribution >= 4 is 32.7 Å². The van der Waals surface area contributed by atoms with E-state index in [1.54, 1.807) is 12.1 Å². The standard InChI is InChI=1S/C32H50N8O2S/c1-23(2)36-32(37-25(5)40-19-17-39(18-20-40)24(3)4)38-31(33)34-21-26-13-15-27(16-14-26)22-35-43(41,42)30-12-8-10-28-9-6-7-11-29(28)30/h6-12,23-24,26-27,35H,5,13-22H2,1-4H3,(H4,33,34,36,37,38). The maximum Gasteiger partial charge on any atom is 0.241 e. The molecule has 11 heteroatoms. The Labute approximate surface area is 258 Å². The number of guanidine groups is 2. The van der Waals surface area contributed by atoms with E-state index >= 15 is 0 Å². The molecule has 2 aromatic carbocycles. The molecule has 2 fully saturated rings. The van der Waals surface area contributed by atoms with Gasteiger partial charge in [0.1, 0.15) is 5.82 Å². The summed E-state index contributed by atoms with van der Waals surface area (Å²) in [6.07, 6.45) is 3.89. The van der Waals surface area contributed by atoms with E-state index in [1.807, 2.05) is 44.2 Å². The molecular formula is C32H50N8O2S. The van der Waals surface area contributed by atoms with Crippen molar-refractivity contribution in [2.45, 2.75) is 70.4 Å². The molecule has 0 radical (unpaired) electrons. The number of piperazine rings is 1. The largest absolute Gasteiger partial charge is 0.370 e. The van der Waals surface area contributed by atoms with Crippen LogP contribution in [-0.2, 0) is 10.0 Å². The van der Waals surface area contributed by atoms with E-state index in [9.17, 15) is 8.42 Å². The van der Waals surface area contributed by atoms with Crippen molar-refractivity contribution in [2.24, 2.45) is 27.6 Å². The second-order valence-electron chi connectivity index (χ2n) is 12.3. The minimum Gasteiger partial charge on any atom is -0.370 e. The highest BCUT2D eigenvalue weighted by Crippen LogP contribution is 2.29. The second-order valence-corrected chi connectivity index (χ2v) is 14.1. The maximum atomic E-state index is 13.1. The lowest BCUT2D eigenvalue weighted by atomic mass is 9.82. The average molecular weight is 611 g/mol. The number of rotatable bonds is 10. The minimum atomic E-state index is -3.59. The molecule has 1 heterocycles. The normalized spacial score (nSPS) is 21.0. The van der Waals surface area contributed by atoms with Crippen molar-refractivity contribution in [1.29, 1.82) is 0 Å². The molecule has 0 aromatic heterocycles. The number of aliphatic imine (C=N–C) groups is 2. The molecule has 1 aliphatic heterocycles. The molecule has 0 bridgehead atoms. The lowest BCUT2D eigenvalue weighted by Crippen LogP contribution is -2.52. The first-order chi connectivity index (χ1) is 20.5. The zero-order valence-corrected chi connectivity index (χ0v) is 27.0. The van der Waals surface area contributed by atoms with Gasteiger partial charge in [-0.05, 0) is 76.7 Å². The molecule has 2 aromatic rings. The minimum absolute atomic E-state index is 0.0710. The van der Waals surface area contributed by atoms with E-state index in [0.29, 0.717) is 47.8 Å². The molecule has 0 spiro atoms. The van der Waals surface area contributed by atoms with E-state index < -0.39 is 10.0 Å². The number of hydrogen-bond donors (Lipinski definition) is 4. The molecule has 43 heavy (non-hydrogen) atoms. The molecule has 10 nitrogen and oxygen atoms in total. The fraction of sp³-hybridized carbons (Fsp3) is 0.562. The van der Waals surface area contributed by atoms with Gasteiger partial charge in [0.2, 0.25) is 16.0 Å². The van der Waals surface area contributed by atoms with Crippen LogP contribution in [0, 0.1) is 11.8 Å². The first-order valence-corrected chi connectivity index (χ1v) is 17.1. The number of nitrogens with one attached hydrogen (secondary N) is 3. The maximum absolute atomic E-state index is 13.1. The predicted octanol–water partition coefficient (Wildman–Crippen LogP) is 3.68. The Hall–Kier alpha value is -3.15. The highest BCUT2D eigenvalue weighted by molar-refractivity contribution is 7.89. The lowest BCUT2D eigenvalue weighted by Gasteiger charge is -2.39. The SMILES string of the molecule is C=C(NC(=NC(C)C)NC(N)=NCC1CCC(CNS(=O)(=O)c2cccc3ccccc23)CC1)N1CCN(C(C)C)CC1. The first kappa shape index (κ1) is 32.8. The van der Waals surface area contributed by atoms with Gasteiger partial charge in [0.05, 0.1) is 4.90 Å². The van der Waals surface area contributed by atoms with Gasteiger partial charge in [-0.25, -0.2) is 18.1 Å². The zero-order valence-electron chi connectivity index (χ0n) is 26.2. The molecule has 2 aliphatic rings. The van der Waals surface area contributed by atoms with Gasteiger partial charge in [-0.2, -0.15) is 0 Å². The van der Waals surface area contributed by atoms with E-state index in [4.69, 9.17) is 5.73 Å². The third kappa shape index (κ3) is 9.42. The Morgan fingerprint density at radius 3 is 2.28 bits per heavy atom. The van der Waals surface area contributed by atoms with Gasteiger partial charge in [0, 0.05) is 56.7 Å². The van der Waals surface area contributed by atoms with E-state index in [1.165, 1.54) is 0 Å². The smallest absolute Gasteiger partial charge is 0.241 e. The summed E-state index contributed by atoms with van der Waals surface area (Å²) in [6, 6.07) is 13.6. The fourth-order valence-corrected chi connectivity index (χ4v) is 7.16. The van der Waals surface area contributed by atoms with Crippen LogP contribution in [0.4, 0.5) is 0 Å². The van der Waals surface area contributed by atoms with E-state index in [2.05, 4.69) is 55.6 Å². The molecule has 0 amide bonds. The summed E-state index contributed by atoms with van der Waals surface area (Å²) in [5.41, 5.74) is 6.28. The lowest BCUT2D eigenvalue weighted by molar-refractivity contribution is 0.127. The highest BCUT2D eigenvalue weighted by Gasteiger charge is 2.24. The van der Waals surface area contributed by atoms with Crippen molar-refractivity contribution in [3.8, 4) is 0 Å². The molecule has 1 aliphatic carbocycles. The summed E-state index contributed by atoms with van der Waals surface area (Å²) in [5, 5.41) is 8.14. The van der Waals surface area contributed by atoms with Gasteiger partial charge in [-0.3, -0.25) is 15.2 Å². The number of hydrogen-bond acceptors (Lipinski definition) is 6. The molecule has 4 rings (SSSR count). The number of fused-ring (bicyclic) bond motifs is 1. The van der Waals surface area contributed by atoms with E-state index in [-0.39, 0.29) is 6.04 Å². The first-order valence-electron chi connectivity index (χ1n) is 15.6. The summed E-state index contributed by atoms with van der Waals surface area (Å²) in [6.45, 7) is 17.6. The Kier molecular flexibility index (Phi) is 11.5. The Bertz CT molecular complexity index is 1380. The summed E-state index contributed by atoms with van der Waals surface area (Å²) in [5.74, 6) is 2.40. The van der Waals surface area contributed by atoms with Crippen LogP contribution in [0.25, 0.3) is 10.8 Å². The molecule has 5 N–H and O–H groups in total. The van der Waals surface area contributed by atoms with Crippen LogP contribution in [0.5, 0.6) is 0 Å². The van der Waals surface area contributed by atoms with Gasteiger partial charge in [0.25, 0.3) is 0 Å². The topological polar surface area (TPSA) is 127 Å². The van der Waals surface area contributed by atoms with Crippen LogP contribution in [0.2, 0.25) is 0 Å². The van der Waals surface area contributed by atoms with Crippen molar-refractivity contribution in [1.82, 2.24) is 25.2 Å². The summed E-state index contributed by atoms with van der Waals surface area (Å²) in [4.78, 5) is 14.3. The van der Waals surface area contributed by atoms with Crippen LogP contribution >= 0.6 is 0 Å². The Morgan fingerprint density at radius 2 is 1.60 bits per heavy atom. The van der Waals surface area contributed by atoms with Crippen molar-refractivity contribution in [3.05, 3.63) is 54.9 Å². The third-order valence-electron chi connectivity index (χ3n) is 8.41. The van der Waals surface area contributed by atoms with Crippen LogP contribution in [-0.4, -0.2) is 81.5 Å². The Morgan fingerprint density at radius 1 is 0.953 bits per heavy atom. The Balaban J connectivity index is 1.23. The van der Waals surface area contributed by atoms with Gasteiger partial charge in [0.15, 0.2) is 5.96 Å². The monoisotopic (exact) mass is 610 g/mol. The van der Waals surface area contributed by atoms with Gasteiger partial charge in [-0.15, -0.1) is 0 Å². The summed E-state index contributed by atoms with van der Waals surface area (Å²) in [7, 11) is -3.59. The molecule has 0 unspecified atom stereocenters. The zero-order chi connectivity index (χ0) is 31.0. The molecule has 0 atom stereocenters. The van der Waals surface area contributed by atoms with Crippen molar-refractivity contribution in [3.63, 3.8) is 0 Å². The number of nitrogens with two attached hydrogens (primary N) is 1. The van der Waals surface area contributed by atoms with Crippen LogP contribution in [0.15, 0.2) is 69.7 Å². The molecule has 236 valence electrons. The summed E-state index contributed by atoms with van der Waals surface area (Å²) >= 11 is 0. The van der Waals surface area contributed by atoms with E-state index in [0.717, 1.165) is 68.5 Å². The van der Waals surface area contributed by atoms with Crippen molar-refractivity contribution in [2.75, 3.05) is 39.3 Å². The van der Waals surface area contributed by atoms with Crippen molar-refractivity contribution < 1.29 is 8.42 Å².